The highest BCUT2D eigenvalue weighted by Gasteiger charge is 2.93. The molecule has 2 aromatic rings. The van der Waals surface area contributed by atoms with Gasteiger partial charge >= 0.3 is 11.9 Å². The SMILES string of the molecule is COc1c2c(c(O)c3c4c(c(C)cc13)C1O[C@]3(C(C)OC(C)=O)OC1C(OC)(O4)C31CO1)C(=O)[C@@H](O)C[C@@H]2O[C@@]1(C)CC(C)(O)C(OC(C)=O)C(C)O1. The fourth-order valence-corrected chi connectivity index (χ4v) is 9.80. The Labute approximate surface area is 304 Å². The Morgan fingerprint density at radius 3 is 2.36 bits per heavy atom. The van der Waals surface area contributed by atoms with E-state index in [1.165, 1.54) is 35.0 Å². The number of aliphatic hydroxyl groups is 2. The third kappa shape index (κ3) is 4.67. The van der Waals surface area contributed by atoms with Crippen molar-refractivity contribution >= 4 is 28.5 Å². The second-order valence-electron chi connectivity index (χ2n) is 15.4. The zero-order valence-corrected chi connectivity index (χ0v) is 30.9. The number of aromatic hydroxyl groups is 1. The Kier molecular flexibility index (Phi) is 7.86. The topological polar surface area (TPSA) is 207 Å². The highest BCUT2D eigenvalue weighted by atomic mass is 16.9. The first kappa shape index (κ1) is 36.4. The quantitative estimate of drug-likeness (QED) is 0.275. The Morgan fingerprint density at radius 1 is 1.08 bits per heavy atom. The van der Waals surface area contributed by atoms with E-state index in [1.807, 2.05) is 6.92 Å². The lowest BCUT2D eigenvalue weighted by molar-refractivity contribution is -0.341. The molecular formula is C37H44O16. The summed E-state index contributed by atoms with van der Waals surface area (Å²) in [6.07, 6.45) is -7.50. The van der Waals surface area contributed by atoms with E-state index in [2.05, 4.69) is 0 Å². The molecule has 16 heteroatoms. The fourth-order valence-electron chi connectivity index (χ4n) is 9.80. The largest absolute Gasteiger partial charge is 0.506 e. The Balaban J connectivity index is 1.27. The second kappa shape index (κ2) is 11.5. The Hall–Kier alpha value is -3.61. The van der Waals surface area contributed by atoms with Gasteiger partial charge in [-0.25, -0.2) is 0 Å². The molecule has 2 aromatic carbocycles. The number of epoxide rings is 1. The average molecular weight is 745 g/mol. The van der Waals surface area contributed by atoms with Crippen LogP contribution in [0, 0.1) is 6.92 Å². The number of hydrogen-bond donors (Lipinski definition) is 3. The molecule has 0 radical (unpaired) electrons. The van der Waals surface area contributed by atoms with Crippen LogP contribution in [-0.2, 0) is 47.5 Å². The van der Waals surface area contributed by atoms with Gasteiger partial charge in [-0.1, -0.05) is 0 Å². The lowest BCUT2D eigenvalue weighted by Crippen LogP contribution is -2.69. The van der Waals surface area contributed by atoms with Crippen molar-refractivity contribution in [2.75, 3.05) is 20.8 Å². The number of hydrogen-bond acceptors (Lipinski definition) is 16. The predicted molar refractivity (Wildman–Crippen MR) is 177 cm³/mol. The summed E-state index contributed by atoms with van der Waals surface area (Å²) < 4.78 is 61.9. The van der Waals surface area contributed by atoms with Crippen LogP contribution in [-0.4, -0.2) is 113 Å². The summed E-state index contributed by atoms with van der Waals surface area (Å²) in [6.45, 7) is 10.8. The van der Waals surface area contributed by atoms with Crippen molar-refractivity contribution in [1.29, 1.82) is 0 Å². The molecule has 8 unspecified atom stereocenters. The minimum atomic E-state index is -1.63. The van der Waals surface area contributed by atoms with Gasteiger partial charge in [-0.3, -0.25) is 14.4 Å². The van der Waals surface area contributed by atoms with Gasteiger partial charge < -0.3 is 62.7 Å². The molecule has 1 aliphatic carbocycles. The lowest BCUT2D eigenvalue weighted by atomic mass is 9.77. The fraction of sp³-hybridized carbons (Fsp3) is 0.649. The highest BCUT2D eigenvalue weighted by Crippen LogP contribution is 2.72. The number of ketones is 1. The number of ether oxygens (including phenoxy) is 10. The number of methoxy groups -OCH3 is 2. The van der Waals surface area contributed by atoms with E-state index in [9.17, 15) is 29.7 Å². The van der Waals surface area contributed by atoms with Gasteiger partial charge in [-0.05, 0) is 46.2 Å². The summed E-state index contributed by atoms with van der Waals surface area (Å²) in [5.41, 5.74) is -1.86. The molecule has 0 amide bonds. The van der Waals surface area contributed by atoms with Crippen LogP contribution in [0.3, 0.4) is 0 Å². The van der Waals surface area contributed by atoms with Gasteiger partial charge in [0.2, 0.25) is 11.4 Å². The number of aliphatic hydroxyl groups excluding tert-OH is 1. The average Bonchev–Trinajstić information content (AvgIpc) is 3.70. The molecule has 3 N–H and O–H groups in total. The summed E-state index contributed by atoms with van der Waals surface area (Å²) in [4.78, 5) is 37.7. The molecule has 5 aliphatic heterocycles. The zero-order valence-electron chi connectivity index (χ0n) is 30.9. The number of fused-ring (bicyclic) bond motifs is 8. The van der Waals surface area contributed by atoms with Crippen LogP contribution in [0.1, 0.15) is 93.6 Å². The number of phenols is 1. The molecule has 6 aliphatic rings. The zero-order chi connectivity index (χ0) is 38.4. The van der Waals surface area contributed by atoms with Gasteiger partial charge in [0.25, 0.3) is 5.79 Å². The van der Waals surface area contributed by atoms with Crippen molar-refractivity contribution in [3.8, 4) is 17.2 Å². The maximum absolute atomic E-state index is 13.9. The predicted octanol–water partition coefficient (Wildman–Crippen LogP) is 2.70. The van der Waals surface area contributed by atoms with Gasteiger partial charge in [0.05, 0.1) is 36.9 Å². The summed E-state index contributed by atoms with van der Waals surface area (Å²) >= 11 is 0. The van der Waals surface area contributed by atoms with Crippen molar-refractivity contribution in [3.05, 3.63) is 28.3 Å². The number of aryl methyl sites for hydroxylation is 1. The van der Waals surface area contributed by atoms with Crippen LogP contribution in [0.15, 0.2) is 6.07 Å². The molecule has 16 nitrogen and oxygen atoms in total. The van der Waals surface area contributed by atoms with Crippen molar-refractivity contribution in [2.24, 2.45) is 0 Å². The molecule has 12 atom stereocenters. The highest BCUT2D eigenvalue weighted by molar-refractivity contribution is 6.13. The molecule has 0 aromatic heterocycles. The normalized spacial score (nSPS) is 41.1. The number of benzene rings is 2. The second-order valence-corrected chi connectivity index (χ2v) is 15.4. The summed E-state index contributed by atoms with van der Waals surface area (Å²) in [7, 11) is 2.84. The number of rotatable bonds is 7. The van der Waals surface area contributed by atoms with Gasteiger partial charge in [-0.15, -0.1) is 0 Å². The molecule has 288 valence electrons. The van der Waals surface area contributed by atoms with E-state index in [0.717, 1.165) is 0 Å². The Bertz CT molecular complexity index is 1950. The maximum Gasteiger partial charge on any atom is 0.303 e. The van der Waals surface area contributed by atoms with E-state index >= 15 is 0 Å². The van der Waals surface area contributed by atoms with E-state index < -0.39 is 94.8 Å². The molecule has 1 spiro atoms. The molecule has 5 heterocycles. The molecule has 8 rings (SSSR count). The van der Waals surface area contributed by atoms with Gasteiger partial charge in [0.1, 0.15) is 35.1 Å². The van der Waals surface area contributed by atoms with Crippen LogP contribution >= 0.6 is 0 Å². The van der Waals surface area contributed by atoms with Crippen LogP contribution < -0.4 is 9.47 Å². The first-order valence-electron chi connectivity index (χ1n) is 17.6. The lowest BCUT2D eigenvalue weighted by Gasteiger charge is -2.50. The van der Waals surface area contributed by atoms with Gasteiger partial charge in [0.15, 0.2) is 29.9 Å². The van der Waals surface area contributed by atoms with Crippen LogP contribution in [0.5, 0.6) is 17.2 Å². The van der Waals surface area contributed by atoms with Gasteiger partial charge in [-0.2, -0.15) is 0 Å². The third-order valence-corrected chi connectivity index (χ3v) is 11.6. The molecule has 4 fully saturated rings. The van der Waals surface area contributed by atoms with E-state index in [1.54, 1.807) is 26.8 Å². The van der Waals surface area contributed by atoms with Crippen molar-refractivity contribution < 1.29 is 77.1 Å². The number of carbonyl (C=O) groups excluding carboxylic acids is 3. The Morgan fingerprint density at radius 2 is 1.77 bits per heavy atom. The molecule has 0 saturated carbocycles. The number of Topliss-reactive ketones (excluding diaryl/α,β-unsaturated/α-hetero) is 1. The minimum absolute atomic E-state index is 0.0805. The first-order chi connectivity index (χ1) is 24.8. The van der Waals surface area contributed by atoms with Crippen molar-refractivity contribution in [3.63, 3.8) is 0 Å². The monoisotopic (exact) mass is 744 g/mol. The van der Waals surface area contributed by atoms with E-state index in [4.69, 9.17) is 47.4 Å². The van der Waals surface area contributed by atoms with Crippen LogP contribution in [0.2, 0.25) is 0 Å². The molecule has 4 saturated heterocycles. The number of carbonyl (C=O) groups is 3. The smallest absolute Gasteiger partial charge is 0.303 e. The van der Waals surface area contributed by atoms with Crippen molar-refractivity contribution in [1.82, 2.24) is 0 Å². The maximum atomic E-state index is 13.9. The van der Waals surface area contributed by atoms with Gasteiger partial charge in [0, 0.05) is 50.3 Å². The minimum Gasteiger partial charge on any atom is -0.506 e. The number of esters is 2. The summed E-state index contributed by atoms with van der Waals surface area (Å²) in [5, 5.41) is 35.2. The van der Waals surface area contributed by atoms with Crippen LogP contribution in [0.4, 0.5) is 0 Å². The standard InChI is InChI=1S/C37H44O16/c1-14-10-19-23(29-22(14)30-32-37(45-9,51-29)35(13-46-35)36(52-30,53-32)16(3)47-17(4)38)27(42)25-24(28(19)44-8)21(11-20(40)26(25)41)50-34(7)12-33(6,43)31(15(2)49-34)48-18(5)39/h10,15-16,20-21,30-32,40,42-43H,11-13H2,1-9H3/t15?,16?,20-,21-,30?,31?,32?,33?,34-,35?,36+,37?/m0/s1. The van der Waals surface area contributed by atoms with E-state index in [-0.39, 0.29) is 47.5 Å². The first-order valence-corrected chi connectivity index (χ1v) is 17.6. The van der Waals surface area contributed by atoms with Crippen LogP contribution in [0.25, 0.3) is 10.8 Å². The van der Waals surface area contributed by atoms with E-state index in [0.29, 0.717) is 16.5 Å². The molecule has 53 heavy (non-hydrogen) atoms. The molecular weight excluding hydrogens is 700 g/mol. The summed E-state index contributed by atoms with van der Waals surface area (Å²) in [5.74, 6) is -6.82. The summed E-state index contributed by atoms with van der Waals surface area (Å²) in [6, 6.07) is 1.76. The third-order valence-electron chi connectivity index (χ3n) is 11.6. The van der Waals surface area contributed by atoms with Crippen molar-refractivity contribution in [2.45, 2.75) is 133 Å². The number of phenolic OH excluding ortho intramolecular Hbond substituents is 1. The molecule has 2 bridgehead atoms.